The Hall–Kier alpha value is -2.86. The van der Waals surface area contributed by atoms with Gasteiger partial charge in [0.2, 0.25) is 11.8 Å². The average Bonchev–Trinajstić information content (AvgIpc) is 2.74. The third kappa shape index (κ3) is 5.83. The largest absolute Gasteiger partial charge is 0.495 e. The van der Waals surface area contributed by atoms with Gasteiger partial charge in [-0.15, -0.1) is 0 Å². The van der Waals surface area contributed by atoms with Crippen LogP contribution in [0.25, 0.3) is 0 Å². The standard InChI is InChI=1S/C24H31N3O3/c1-3-15-27(17-24(29)26-21-12-6-7-14-22(21)30-2)16-23(28)25-20-13-8-10-18-9-4-5-11-19(18)20/h4-7,9,11-12,14,20H,3,8,10,13,15-17H2,1-2H3,(H,25,28)(H,26,29)/t20-/m1/s1. The van der Waals surface area contributed by atoms with Gasteiger partial charge in [-0.2, -0.15) is 0 Å². The van der Waals surface area contributed by atoms with Gasteiger partial charge in [-0.3, -0.25) is 14.5 Å². The highest BCUT2D eigenvalue weighted by Gasteiger charge is 2.22. The number of amides is 2. The zero-order valence-electron chi connectivity index (χ0n) is 17.8. The molecule has 0 radical (unpaired) electrons. The average molecular weight is 410 g/mol. The van der Waals surface area contributed by atoms with Gasteiger partial charge in [0.15, 0.2) is 0 Å². The molecule has 0 aromatic heterocycles. The van der Waals surface area contributed by atoms with Gasteiger partial charge < -0.3 is 15.4 Å². The summed E-state index contributed by atoms with van der Waals surface area (Å²) in [5.74, 6) is 0.403. The summed E-state index contributed by atoms with van der Waals surface area (Å²) in [4.78, 5) is 27.2. The zero-order valence-corrected chi connectivity index (χ0v) is 17.8. The van der Waals surface area contributed by atoms with Crippen molar-refractivity contribution in [2.45, 2.75) is 38.6 Å². The van der Waals surface area contributed by atoms with Gasteiger partial charge >= 0.3 is 0 Å². The fourth-order valence-corrected chi connectivity index (χ4v) is 4.02. The minimum absolute atomic E-state index is 0.0461. The van der Waals surface area contributed by atoms with Crippen molar-refractivity contribution in [1.29, 1.82) is 0 Å². The van der Waals surface area contributed by atoms with Crippen molar-refractivity contribution >= 4 is 17.5 Å². The van der Waals surface area contributed by atoms with Crippen molar-refractivity contribution in [3.05, 3.63) is 59.7 Å². The number of hydrogen-bond donors (Lipinski definition) is 2. The Morgan fingerprint density at radius 2 is 1.80 bits per heavy atom. The summed E-state index contributed by atoms with van der Waals surface area (Å²) in [5.41, 5.74) is 3.16. The first-order valence-corrected chi connectivity index (χ1v) is 10.6. The molecule has 160 valence electrons. The summed E-state index contributed by atoms with van der Waals surface area (Å²) in [6.07, 6.45) is 3.95. The Kier molecular flexibility index (Phi) is 7.85. The molecule has 6 heteroatoms. The molecule has 1 aliphatic rings. The normalized spacial score (nSPS) is 15.4. The fraction of sp³-hybridized carbons (Fsp3) is 0.417. The van der Waals surface area contributed by atoms with E-state index in [0.29, 0.717) is 18.0 Å². The lowest BCUT2D eigenvalue weighted by molar-refractivity contribution is -0.124. The first kappa shape index (κ1) is 21.8. The molecule has 1 atom stereocenters. The van der Waals surface area contributed by atoms with Crippen LogP contribution in [-0.4, -0.2) is 43.5 Å². The highest BCUT2D eigenvalue weighted by atomic mass is 16.5. The Balaban J connectivity index is 1.57. The highest BCUT2D eigenvalue weighted by molar-refractivity contribution is 5.94. The van der Waals surface area contributed by atoms with Gasteiger partial charge in [0.05, 0.1) is 31.9 Å². The van der Waals surface area contributed by atoms with Gasteiger partial charge in [0.25, 0.3) is 0 Å². The van der Waals surface area contributed by atoms with Crippen LogP contribution in [0.3, 0.4) is 0 Å². The second kappa shape index (κ2) is 10.8. The quantitative estimate of drug-likeness (QED) is 0.665. The van der Waals surface area contributed by atoms with Crippen LogP contribution in [0.4, 0.5) is 5.69 Å². The smallest absolute Gasteiger partial charge is 0.238 e. The molecule has 3 rings (SSSR count). The maximum absolute atomic E-state index is 12.7. The van der Waals surface area contributed by atoms with Crippen LogP contribution in [0.1, 0.15) is 43.4 Å². The van der Waals surface area contributed by atoms with E-state index >= 15 is 0 Å². The van der Waals surface area contributed by atoms with E-state index < -0.39 is 0 Å². The number of nitrogens with zero attached hydrogens (tertiary/aromatic N) is 1. The third-order valence-corrected chi connectivity index (χ3v) is 5.36. The minimum atomic E-state index is -0.163. The lowest BCUT2D eigenvalue weighted by atomic mass is 9.88. The first-order valence-electron chi connectivity index (χ1n) is 10.6. The number of para-hydroxylation sites is 2. The van der Waals surface area contributed by atoms with Crippen molar-refractivity contribution in [3.8, 4) is 5.75 Å². The second-order valence-corrected chi connectivity index (χ2v) is 7.67. The summed E-state index contributed by atoms with van der Waals surface area (Å²) >= 11 is 0. The highest BCUT2D eigenvalue weighted by Crippen LogP contribution is 2.29. The van der Waals surface area contributed by atoms with Crippen LogP contribution >= 0.6 is 0 Å². The van der Waals surface area contributed by atoms with Crippen LogP contribution in [0.2, 0.25) is 0 Å². The van der Waals surface area contributed by atoms with E-state index in [1.807, 2.05) is 36.1 Å². The van der Waals surface area contributed by atoms with E-state index in [4.69, 9.17) is 4.74 Å². The number of carbonyl (C=O) groups excluding carboxylic acids is 2. The number of hydrogen-bond acceptors (Lipinski definition) is 4. The van der Waals surface area contributed by atoms with Gasteiger partial charge in [0, 0.05) is 0 Å². The van der Waals surface area contributed by atoms with Crippen LogP contribution < -0.4 is 15.4 Å². The molecular weight excluding hydrogens is 378 g/mol. The van der Waals surface area contributed by atoms with Crippen LogP contribution in [0.15, 0.2) is 48.5 Å². The van der Waals surface area contributed by atoms with E-state index in [0.717, 1.165) is 25.7 Å². The van der Waals surface area contributed by atoms with E-state index in [9.17, 15) is 9.59 Å². The number of aryl methyl sites for hydroxylation is 1. The molecule has 2 aromatic carbocycles. The van der Waals surface area contributed by atoms with Gasteiger partial charge in [-0.05, 0) is 55.5 Å². The first-order chi connectivity index (χ1) is 14.6. The fourth-order valence-electron chi connectivity index (χ4n) is 4.02. The Bertz CT molecular complexity index is 868. The summed E-state index contributed by atoms with van der Waals surface area (Å²) in [5, 5.41) is 6.05. The molecule has 0 unspecified atom stereocenters. The summed E-state index contributed by atoms with van der Waals surface area (Å²) in [6.45, 7) is 3.07. The lowest BCUT2D eigenvalue weighted by Gasteiger charge is -2.28. The molecule has 0 spiro atoms. The molecule has 0 aliphatic heterocycles. The van der Waals surface area contributed by atoms with Crippen LogP contribution in [-0.2, 0) is 16.0 Å². The molecule has 0 saturated carbocycles. The number of rotatable bonds is 9. The molecule has 2 aromatic rings. The lowest BCUT2D eigenvalue weighted by Crippen LogP contribution is -2.43. The number of ether oxygens (including phenoxy) is 1. The van der Waals surface area contributed by atoms with Crippen LogP contribution in [0, 0.1) is 0 Å². The SMILES string of the molecule is CCCN(CC(=O)Nc1ccccc1OC)CC(=O)N[C@@H]1CCCc2ccccc21. The summed E-state index contributed by atoms with van der Waals surface area (Å²) < 4.78 is 5.28. The topological polar surface area (TPSA) is 70.7 Å². The molecule has 2 N–H and O–H groups in total. The maximum atomic E-state index is 12.7. The second-order valence-electron chi connectivity index (χ2n) is 7.67. The molecule has 6 nitrogen and oxygen atoms in total. The predicted molar refractivity (Wildman–Crippen MR) is 119 cm³/mol. The summed E-state index contributed by atoms with van der Waals surface area (Å²) in [6, 6.07) is 15.7. The number of anilines is 1. The minimum Gasteiger partial charge on any atom is -0.495 e. The number of fused-ring (bicyclic) bond motifs is 1. The van der Waals surface area contributed by atoms with Crippen molar-refractivity contribution in [2.24, 2.45) is 0 Å². The van der Waals surface area contributed by atoms with Crippen molar-refractivity contribution in [3.63, 3.8) is 0 Å². The third-order valence-electron chi connectivity index (χ3n) is 5.36. The zero-order chi connectivity index (χ0) is 21.3. The Labute approximate surface area is 178 Å². The number of nitrogens with one attached hydrogen (secondary N) is 2. The Morgan fingerprint density at radius 3 is 2.60 bits per heavy atom. The number of benzene rings is 2. The molecular formula is C24H31N3O3. The van der Waals surface area contributed by atoms with Gasteiger partial charge in [-0.25, -0.2) is 0 Å². The van der Waals surface area contributed by atoms with E-state index in [-0.39, 0.29) is 30.9 Å². The van der Waals surface area contributed by atoms with Gasteiger partial charge in [0.1, 0.15) is 5.75 Å². The molecule has 0 saturated heterocycles. The number of methoxy groups -OCH3 is 1. The maximum Gasteiger partial charge on any atom is 0.238 e. The predicted octanol–water partition coefficient (Wildman–Crippen LogP) is 3.54. The van der Waals surface area contributed by atoms with E-state index in [1.165, 1.54) is 11.1 Å². The monoisotopic (exact) mass is 409 g/mol. The molecule has 30 heavy (non-hydrogen) atoms. The van der Waals surface area contributed by atoms with Gasteiger partial charge in [-0.1, -0.05) is 43.3 Å². The van der Waals surface area contributed by atoms with Crippen molar-refractivity contribution < 1.29 is 14.3 Å². The van der Waals surface area contributed by atoms with E-state index in [1.54, 1.807) is 19.2 Å². The summed E-state index contributed by atoms with van der Waals surface area (Å²) in [7, 11) is 1.57. The molecule has 0 fully saturated rings. The van der Waals surface area contributed by atoms with Crippen LogP contribution in [0.5, 0.6) is 5.75 Å². The van der Waals surface area contributed by atoms with E-state index in [2.05, 4.69) is 22.8 Å². The number of carbonyl (C=O) groups is 2. The molecule has 2 amide bonds. The van der Waals surface area contributed by atoms with Crippen molar-refractivity contribution in [1.82, 2.24) is 10.2 Å². The molecule has 1 aliphatic carbocycles. The molecule has 0 heterocycles. The van der Waals surface area contributed by atoms with Crippen molar-refractivity contribution in [2.75, 3.05) is 32.1 Å². The Morgan fingerprint density at radius 1 is 1.07 bits per heavy atom. The molecule has 0 bridgehead atoms.